The molecule has 0 radical (unpaired) electrons. The van der Waals surface area contributed by atoms with Crippen LogP contribution in [0.15, 0.2) is 52.9 Å². The predicted octanol–water partition coefficient (Wildman–Crippen LogP) is 4.66. The lowest BCUT2D eigenvalue weighted by Gasteiger charge is -2.05. The molecular weight excluding hydrogens is 458 g/mol. The molecule has 3 aromatic rings. The summed E-state index contributed by atoms with van der Waals surface area (Å²) in [5.74, 6) is 0.108. The second kappa shape index (κ2) is 8.75. The van der Waals surface area contributed by atoms with Crippen molar-refractivity contribution < 1.29 is 13.2 Å². The van der Waals surface area contributed by atoms with Crippen molar-refractivity contribution in [2.45, 2.75) is 4.34 Å². The number of carbonyl (C=O) groups excluding carboxylic acids is 1. The molecule has 0 amide bonds. The van der Waals surface area contributed by atoms with E-state index in [-0.39, 0.29) is 11.5 Å². The number of nitrogens with one attached hydrogen (secondary N) is 1. The number of ketones is 1. The lowest BCUT2D eigenvalue weighted by atomic mass is 10.1. The number of rotatable bonds is 7. The molecule has 2 aromatic carbocycles. The van der Waals surface area contributed by atoms with Crippen LogP contribution in [-0.4, -0.2) is 36.0 Å². The summed E-state index contributed by atoms with van der Waals surface area (Å²) in [6.07, 6.45) is 1.07. The van der Waals surface area contributed by atoms with Gasteiger partial charge in [0.15, 0.2) is 14.1 Å². The highest BCUT2D eigenvalue weighted by molar-refractivity contribution is 8.01. The van der Waals surface area contributed by atoms with Crippen LogP contribution < -0.4 is 4.72 Å². The summed E-state index contributed by atoms with van der Waals surface area (Å²) in [5.41, 5.74) is 1.71. The van der Waals surface area contributed by atoms with E-state index >= 15 is 0 Å². The highest BCUT2D eigenvalue weighted by Crippen LogP contribution is 2.25. The van der Waals surface area contributed by atoms with Gasteiger partial charge in [0.1, 0.15) is 0 Å². The number of nitrogens with zero attached hydrogens (tertiary/aromatic N) is 2. The largest absolute Gasteiger partial charge is 0.293 e. The fourth-order valence-corrected chi connectivity index (χ4v) is 5.16. The van der Waals surface area contributed by atoms with E-state index in [0.717, 1.165) is 11.9 Å². The van der Waals surface area contributed by atoms with Gasteiger partial charge in [0.2, 0.25) is 10.0 Å². The van der Waals surface area contributed by atoms with Crippen molar-refractivity contribution in [2.24, 2.45) is 0 Å². The summed E-state index contributed by atoms with van der Waals surface area (Å²) >= 11 is 13.9. The van der Waals surface area contributed by atoms with E-state index in [2.05, 4.69) is 9.82 Å². The molecule has 0 bridgehead atoms. The molecule has 0 unspecified atom stereocenters. The zero-order chi connectivity index (χ0) is 20.3. The highest BCUT2D eigenvalue weighted by Gasteiger charge is 2.11. The maximum Gasteiger partial charge on any atom is 0.229 e. The van der Waals surface area contributed by atoms with Crippen molar-refractivity contribution in [1.82, 2.24) is 9.78 Å². The first-order valence-electron chi connectivity index (χ1n) is 7.81. The summed E-state index contributed by atoms with van der Waals surface area (Å²) in [6, 6.07) is 13.5. The van der Waals surface area contributed by atoms with Gasteiger partial charge in [0.05, 0.1) is 17.7 Å². The molecule has 0 aliphatic heterocycles. The van der Waals surface area contributed by atoms with Crippen molar-refractivity contribution in [1.29, 1.82) is 0 Å². The van der Waals surface area contributed by atoms with Crippen LogP contribution in [0.25, 0.3) is 5.69 Å². The van der Waals surface area contributed by atoms with Gasteiger partial charge in [-0.15, -0.1) is 5.10 Å². The fraction of sp³-hybridized carbons (Fsp3) is 0.118. The number of Topliss-reactive ketones (excluding diaryl/α,β-unsaturated/α-hetero) is 1. The number of sulfonamides is 1. The number of carbonyl (C=O) groups is 1. The van der Waals surface area contributed by atoms with Gasteiger partial charge in [-0.3, -0.25) is 9.52 Å². The van der Waals surface area contributed by atoms with E-state index in [1.54, 1.807) is 41.1 Å². The Labute approximate surface area is 180 Å². The molecule has 0 atom stereocenters. The van der Waals surface area contributed by atoms with Crippen molar-refractivity contribution in [2.75, 3.05) is 16.7 Å². The van der Waals surface area contributed by atoms with Gasteiger partial charge >= 0.3 is 0 Å². The Morgan fingerprint density at radius 1 is 1.21 bits per heavy atom. The van der Waals surface area contributed by atoms with E-state index in [1.807, 2.05) is 12.1 Å². The molecule has 0 fully saturated rings. The Bertz CT molecular complexity index is 1150. The molecule has 0 saturated heterocycles. The lowest BCUT2D eigenvalue weighted by Crippen LogP contribution is -2.10. The molecule has 0 spiro atoms. The number of benzene rings is 2. The smallest absolute Gasteiger partial charge is 0.229 e. The average Bonchev–Trinajstić information content (AvgIpc) is 3.00. The zero-order valence-corrected chi connectivity index (χ0v) is 18.5. The van der Waals surface area contributed by atoms with Crippen molar-refractivity contribution in [3.05, 3.63) is 63.1 Å². The van der Waals surface area contributed by atoms with E-state index in [4.69, 9.17) is 23.8 Å². The second-order valence-corrected chi connectivity index (χ2v) is 10.7. The van der Waals surface area contributed by atoms with Crippen molar-refractivity contribution in [3.63, 3.8) is 0 Å². The van der Waals surface area contributed by atoms with Crippen LogP contribution in [0, 0.1) is 3.95 Å². The number of thioether (sulfide) groups is 1. The van der Waals surface area contributed by atoms with Gasteiger partial charge in [-0.1, -0.05) is 34.7 Å². The number of hydrogen-bond donors (Lipinski definition) is 1. The summed E-state index contributed by atoms with van der Waals surface area (Å²) in [6.45, 7) is 0. The lowest BCUT2D eigenvalue weighted by molar-refractivity contribution is 0.102. The van der Waals surface area contributed by atoms with Gasteiger partial charge in [0, 0.05) is 16.3 Å². The zero-order valence-electron chi connectivity index (χ0n) is 14.5. The van der Waals surface area contributed by atoms with Gasteiger partial charge < -0.3 is 0 Å². The van der Waals surface area contributed by atoms with Gasteiger partial charge in [-0.2, -0.15) is 0 Å². The predicted molar refractivity (Wildman–Crippen MR) is 117 cm³/mol. The average molecular weight is 472 g/mol. The fourth-order valence-electron chi connectivity index (χ4n) is 2.21. The minimum atomic E-state index is -3.35. The third-order valence-corrected chi connectivity index (χ3v) is 6.66. The molecule has 6 nitrogen and oxygen atoms in total. The molecule has 3 rings (SSSR count). The Morgan fingerprint density at radius 2 is 1.86 bits per heavy atom. The first-order chi connectivity index (χ1) is 13.2. The molecule has 11 heteroatoms. The van der Waals surface area contributed by atoms with Crippen LogP contribution >= 0.6 is 46.9 Å². The van der Waals surface area contributed by atoms with Crippen LogP contribution in [0.3, 0.4) is 0 Å². The van der Waals surface area contributed by atoms with Crippen LogP contribution in [0.2, 0.25) is 5.02 Å². The van der Waals surface area contributed by atoms with Crippen LogP contribution in [0.1, 0.15) is 10.4 Å². The van der Waals surface area contributed by atoms with E-state index < -0.39 is 10.0 Å². The molecule has 1 heterocycles. The number of hydrogen-bond acceptors (Lipinski definition) is 7. The molecule has 28 heavy (non-hydrogen) atoms. The Morgan fingerprint density at radius 3 is 2.46 bits per heavy atom. The number of anilines is 1. The van der Waals surface area contributed by atoms with Crippen LogP contribution in [0.5, 0.6) is 0 Å². The van der Waals surface area contributed by atoms with E-state index in [0.29, 0.717) is 24.6 Å². The molecule has 0 aliphatic carbocycles. The van der Waals surface area contributed by atoms with E-state index in [9.17, 15) is 13.2 Å². The minimum absolute atomic E-state index is 0.0879. The molecule has 1 N–H and O–H groups in total. The van der Waals surface area contributed by atoms with Gasteiger partial charge in [-0.05, 0) is 60.7 Å². The summed E-state index contributed by atoms with van der Waals surface area (Å²) in [5, 5.41) is 5.08. The first kappa shape index (κ1) is 21.0. The molecule has 146 valence electrons. The normalized spacial score (nSPS) is 11.4. The number of aromatic nitrogens is 2. The summed E-state index contributed by atoms with van der Waals surface area (Å²) < 4.78 is 27.7. The summed E-state index contributed by atoms with van der Waals surface area (Å²) in [7, 11) is -3.35. The molecule has 0 aliphatic rings. The maximum absolute atomic E-state index is 12.4. The molecular formula is C17H14ClN3O3S4. The minimum Gasteiger partial charge on any atom is -0.293 e. The maximum atomic E-state index is 12.4. The van der Waals surface area contributed by atoms with Crippen molar-refractivity contribution in [3.8, 4) is 5.69 Å². The van der Waals surface area contributed by atoms with Gasteiger partial charge in [-0.25, -0.2) is 13.1 Å². The highest BCUT2D eigenvalue weighted by atomic mass is 35.5. The van der Waals surface area contributed by atoms with Gasteiger partial charge in [0.25, 0.3) is 0 Å². The quantitative estimate of drug-likeness (QED) is 0.306. The first-order valence-corrected chi connectivity index (χ1v) is 12.3. The third-order valence-electron chi connectivity index (χ3n) is 3.44. The Kier molecular flexibility index (Phi) is 6.56. The SMILES string of the molecule is CS(=O)(=O)Nc1ccc(C(=O)CSc2nn(-c3ccc(Cl)cc3)c(=S)s2)cc1. The van der Waals surface area contributed by atoms with Crippen molar-refractivity contribution >= 4 is 68.4 Å². The molecule has 0 saturated carbocycles. The summed E-state index contributed by atoms with van der Waals surface area (Å²) in [4.78, 5) is 12.4. The second-order valence-electron chi connectivity index (χ2n) is 5.69. The topological polar surface area (TPSA) is 81.1 Å². The van der Waals surface area contributed by atoms with Crippen LogP contribution in [0.4, 0.5) is 5.69 Å². The Hall–Kier alpha value is -1.72. The third kappa shape index (κ3) is 5.65. The number of halogens is 1. The monoisotopic (exact) mass is 471 g/mol. The Balaban J connectivity index is 1.66. The van der Waals surface area contributed by atoms with E-state index in [1.165, 1.54) is 23.1 Å². The standard InChI is InChI=1S/C17H14ClN3O3S4/c1-28(23,24)20-13-6-2-11(3-7-13)15(22)10-26-16-19-21(17(25)27-16)14-8-4-12(18)5-9-14/h2-9,20H,10H2,1H3. The molecule has 1 aromatic heterocycles. The van der Waals surface area contributed by atoms with Crippen LogP contribution in [-0.2, 0) is 10.0 Å².